The van der Waals surface area contributed by atoms with Crippen LogP contribution in [0.5, 0.6) is 0 Å². The minimum atomic E-state index is -0.296. The van der Waals surface area contributed by atoms with Crippen LogP contribution in [0.1, 0.15) is 79.1 Å². The molecule has 3 aliphatic carbocycles. The summed E-state index contributed by atoms with van der Waals surface area (Å²) >= 11 is 0. The number of carbonyl (C=O) groups excluding carboxylic acids is 1. The molecule has 23 heavy (non-hydrogen) atoms. The Balaban J connectivity index is 1.95. The highest BCUT2D eigenvalue weighted by atomic mass is 16.5. The van der Waals surface area contributed by atoms with Crippen molar-refractivity contribution in [3.8, 4) is 0 Å². The molecule has 0 unspecified atom stereocenters. The zero-order valence-electron chi connectivity index (χ0n) is 15.7. The van der Waals surface area contributed by atoms with Crippen LogP contribution >= 0.6 is 0 Å². The number of hydrogen-bond donors (Lipinski definition) is 0. The topological polar surface area (TPSA) is 26.3 Å². The Hall–Kier alpha value is -0.790. The highest BCUT2D eigenvalue weighted by molar-refractivity contribution is 5.77. The fraction of sp³-hybridized carbons (Fsp3) is 0.857. The van der Waals surface area contributed by atoms with E-state index in [1.54, 1.807) is 12.7 Å². The molecule has 130 valence electrons. The molecule has 0 aliphatic heterocycles. The standard InChI is InChI=1S/C21H34O2/c1-6-19(2)13-10-16-15(14-19)8-9-17-20(16,3)11-7-12-21(17,4)18(22)23-5/h8,16-17H,6-7,9-14H2,1-5H3/t16-,17-,19-,20-,21-/m1/s1. The van der Waals surface area contributed by atoms with E-state index in [1.165, 1.54) is 32.1 Å². The molecule has 2 nitrogen and oxygen atoms in total. The molecule has 0 heterocycles. The van der Waals surface area contributed by atoms with Crippen LogP contribution in [0.3, 0.4) is 0 Å². The van der Waals surface area contributed by atoms with E-state index in [9.17, 15) is 4.79 Å². The molecule has 0 saturated heterocycles. The van der Waals surface area contributed by atoms with Crippen LogP contribution in [-0.2, 0) is 9.53 Å². The van der Waals surface area contributed by atoms with Crippen molar-refractivity contribution in [3.63, 3.8) is 0 Å². The predicted molar refractivity (Wildman–Crippen MR) is 94.0 cm³/mol. The average molecular weight is 319 g/mol. The van der Waals surface area contributed by atoms with Crippen LogP contribution < -0.4 is 0 Å². The number of methoxy groups -OCH3 is 1. The lowest BCUT2D eigenvalue weighted by Crippen LogP contribution is -2.54. The van der Waals surface area contributed by atoms with Crippen molar-refractivity contribution in [1.82, 2.24) is 0 Å². The van der Waals surface area contributed by atoms with E-state index >= 15 is 0 Å². The highest BCUT2D eigenvalue weighted by Gasteiger charge is 2.58. The van der Waals surface area contributed by atoms with Gasteiger partial charge in [0.2, 0.25) is 0 Å². The van der Waals surface area contributed by atoms with Gasteiger partial charge < -0.3 is 4.74 Å². The third-order valence-electron chi connectivity index (χ3n) is 8.01. The van der Waals surface area contributed by atoms with Gasteiger partial charge in [0.1, 0.15) is 0 Å². The normalized spacial score (nSPS) is 46.4. The summed E-state index contributed by atoms with van der Waals surface area (Å²) in [5, 5.41) is 0. The SMILES string of the molecule is CC[C@]1(C)CC[C@@H]2C(=CC[C@@H]3[C@]2(C)CCC[C@@]3(C)C(=O)OC)C1. The summed E-state index contributed by atoms with van der Waals surface area (Å²) < 4.78 is 5.21. The number of fused-ring (bicyclic) bond motifs is 3. The van der Waals surface area contributed by atoms with Gasteiger partial charge in [0.25, 0.3) is 0 Å². The smallest absolute Gasteiger partial charge is 0.311 e. The Labute approximate surface area is 142 Å². The summed E-state index contributed by atoms with van der Waals surface area (Å²) in [7, 11) is 1.55. The summed E-state index contributed by atoms with van der Waals surface area (Å²) in [6.45, 7) is 9.43. The summed E-state index contributed by atoms with van der Waals surface area (Å²) in [6, 6.07) is 0. The van der Waals surface area contributed by atoms with Crippen LogP contribution in [0, 0.1) is 28.1 Å². The minimum Gasteiger partial charge on any atom is -0.469 e. The molecule has 0 aromatic heterocycles. The number of rotatable bonds is 2. The van der Waals surface area contributed by atoms with E-state index in [1.807, 2.05) is 0 Å². The van der Waals surface area contributed by atoms with Crippen LogP contribution in [0.2, 0.25) is 0 Å². The number of allylic oxidation sites excluding steroid dienone is 2. The highest BCUT2D eigenvalue weighted by Crippen LogP contribution is 2.64. The second kappa shape index (κ2) is 5.63. The largest absolute Gasteiger partial charge is 0.469 e. The van der Waals surface area contributed by atoms with Gasteiger partial charge in [-0.15, -0.1) is 0 Å². The lowest BCUT2D eigenvalue weighted by Gasteiger charge is -2.59. The average Bonchev–Trinajstić information content (AvgIpc) is 2.53. The first-order valence-electron chi connectivity index (χ1n) is 9.56. The molecule has 0 aromatic carbocycles. The maximum Gasteiger partial charge on any atom is 0.311 e. The quantitative estimate of drug-likeness (QED) is 0.495. The minimum absolute atomic E-state index is 0.0134. The molecular weight excluding hydrogens is 284 g/mol. The van der Waals surface area contributed by atoms with Crippen molar-refractivity contribution in [1.29, 1.82) is 0 Å². The van der Waals surface area contributed by atoms with Crippen LogP contribution in [0.4, 0.5) is 0 Å². The zero-order chi connectivity index (χ0) is 16.9. The number of esters is 1. The van der Waals surface area contributed by atoms with Crippen molar-refractivity contribution in [2.24, 2.45) is 28.1 Å². The van der Waals surface area contributed by atoms with Gasteiger partial charge in [0, 0.05) is 0 Å². The molecular formula is C21H34O2. The van der Waals surface area contributed by atoms with E-state index in [0.29, 0.717) is 17.3 Å². The maximum atomic E-state index is 12.6. The van der Waals surface area contributed by atoms with Crippen LogP contribution in [0.15, 0.2) is 11.6 Å². The van der Waals surface area contributed by atoms with E-state index < -0.39 is 0 Å². The van der Waals surface area contributed by atoms with Gasteiger partial charge >= 0.3 is 5.97 Å². The van der Waals surface area contributed by atoms with Crippen molar-refractivity contribution in [3.05, 3.63) is 11.6 Å². The molecule has 0 aromatic rings. The van der Waals surface area contributed by atoms with Gasteiger partial charge in [-0.05, 0) is 68.1 Å². The summed E-state index contributed by atoms with van der Waals surface area (Å²) in [5.41, 5.74) is 2.18. The Morgan fingerprint density at radius 2 is 2.00 bits per heavy atom. The zero-order valence-corrected chi connectivity index (χ0v) is 15.7. The summed E-state index contributed by atoms with van der Waals surface area (Å²) in [6.07, 6.45) is 12.2. The van der Waals surface area contributed by atoms with Gasteiger partial charge in [-0.25, -0.2) is 0 Å². The molecule has 0 radical (unpaired) electrons. The third-order valence-corrected chi connectivity index (χ3v) is 8.01. The van der Waals surface area contributed by atoms with E-state index in [0.717, 1.165) is 19.3 Å². The number of hydrogen-bond acceptors (Lipinski definition) is 2. The molecule has 0 bridgehead atoms. The number of carbonyl (C=O) groups is 1. The van der Waals surface area contributed by atoms with Crippen LogP contribution in [-0.4, -0.2) is 13.1 Å². The first kappa shape index (κ1) is 17.0. The lowest BCUT2D eigenvalue weighted by atomic mass is 9.45. The first-order chi connectivity index (χ1) is 10.8. The lowest BCUT2D eigenvalue weighted by molar-refractivity contribution is -0.167. The third kappa shape index (κ3) is 2.48. The number of ether oxygens (including phenoxy) is 1. The van der Waals surface area contributed by atoms with Crippen molar-refractivity contribution < 1.29 is 9.53 Å². The molecule has 0 N–H and O–H groups in total. The Morgan fingerprint density at radius 1 is 1.26 bits per heavy atom. The maximum absolute atomic E-state index is 12.6. The Morgan fingerprint density at radius 3 is 2.65 bits per heavy atom. The second-order valence-electron chi connectivity index (χ2n) is 9.27. The molecule has 2 heteroatoms. The fourth-order valence-corrected chi connectivity index (χ4v) is 6.26. The van der Waals surface area contributed by atoms with E-state index in [4.69, 9.17) is 4.74 Å². The Bertz CT molecular complexity index is 522. The van der Waals surface area contributed by atoms with Crippen molar-refractivity contribution in [2.45, 2.75) is 79.1 Å². The molecule has 2 fully saturated rings. The molecule has 5 atom stereocenters. The van der Waals surface area contributed by atoms with Gasteiger partial charge in [-0.3, -0.25) is 4.79 Å². The monoisotopic (exact) mass is 318 g/mol. The van der Waals surface area contributed by atoms with Gasteiger partial charge in [0.15, 0.2) is 0 Å². The molecule has 2 saturated carbocycles. The summed E-state index contributed by atoms with van der Waals surface area (Å²) in [5.74, 6) is 1.14. The Kier molecular flexibility index (Phi) is 4.18. The molecule has 3 rings (SSSR count). The van der Waals surface area contributed by atoms with E-state index in [-0.39, 0.29) is 16.8 Å². The molecule has 0 amide bonds. The van der Waals surface area contributed by atoms with Crippen LogP contribution in [0.25, 0.3) is 0 Å². The van der Waals surface area contributed by atoms with Crippen molar-refractivity contribution in [2.75, 3.05) is 7.11 Å². The van der Waals surface area contributed by atoms with Gasteiger partial charge in [-0.2, -0.15) is 0 Å². The van der Waals surface area contributed by atoms with Gasteiger partial charge in [0.05, 0.1) is 12.5 Å². The summed E-state index contributed by atoms with van der Waals surface area (Å²) in [4.78, 5) is 12.6. The van der Waals surface area contributed by atoms with Gasteiger partial charge in [-0.1, -0.05) is 45.3 Å². The predicted octanol–water partition coefficient (Wildman–Crippen LogP) is 5.52. The first-order valence-corrected chi connectivity index (χ1v) is 9.56. The van der Waals surface area contributed by atoms with Crippen molar-refractivity contribution >= 4 is 5.97 Å². The fourth-order valence-electron chi connectivity index (χ4n) is 6.26. The second-order valence-corrected chi connectivity index (χ2v) is 9.27. The molecule has 0 spiro atoms. The molecule has 3 aliphatic rings. The van der Waals surface area contributed by atoms with E-state index in [2.05, 4.69) is 33.8 Å².